The molecule has 19 heavy (non-hydrogen) atoms. The van der Waals surface area contributed by atoms with Gasteiger partial charge < -0.3 is 10.7 Å². The number of rotatable bonds is 4. The van der Waals surface area contributed by atoms with Crippen LogP contribution in [-0.4, -0.2) is 10.9 Å². The third-order valence-corrected chi connectivity index (χ3v) is 3.65. The number of amides is 1. The molecule has 6 heteroatoms. The van der Waals surface area contributed by atoms with Crippen LogP contribution in [0.25, 0.3) is 0 Å². The molecule has 5 nitrogen and oxygen atoms in total. The Bertz CT molecular complexity index is 594. The number of aryl methyl sites for hydroxylation is 2. The Morgan fingerprint density at radius 1 is 1.42 bits per heavy atom. The monoisotopic (exact) mass is 276 g/mol. The summed E-state index contributed by atoms with van der Waals surface area (Å²) in [5.41, 5.74) is 4.96. The van der Waals surface area contributed by atoms with Crippen molar-refractivity contribution >= 4 is 22.9 Å². The van der Waals surface area contributed by atoms with E-state index < -0.39 is 0 Å². The Kier molecular flexibility index (Phi) is 4.13. The van der Waals surface area contributed by atoms with Gasteiger partial charge in [-0.2, -0.15) is 0 Å². The molecule has 0 spiro atoms. The molecule has 2 rings (SSSR count). The molecule has 0 fully saturated rings. The van der Waals surface area contributed by atoms with Gasteiger partial charge in [-0.05, 0) is 37.6 Å². The Morgan fingerprint density at radius 2 is 2.21 bits per heavy atom. The van der Waals surface area contributed by atoms with Crippen molar-refractivity contribution in [1.29, 1.82) is 0 Å². The molecule has 100 valence electrons. The van der Waals surface area contributed by atoms with Crippen molar-refractivity contribution in [2.45, 2.75) is 20.4 Å². The van der Waals surface area contributed by atoms with E-state index in [2.05, 4.69) is 15.7 Å². The van der Waals surface area contributed by atoms with Gasteiger partial charge in [0.25, 0.3) is 5.91 Å². The number of thiazole rings is 1. The number of anilines is 1. The topological polar surface area (TPSA) is 80.0 Å². The lowest BCUT2D eigenvalue weighted by atomic mass is 10.1. The molecule has 0 aliphatic carbocycles. The Labute approximate surface area is 115 Å². The van der Waals surface area contributed by atoms with Crippen molar-refractivity contribution in [3.8, 4) is 0 Å². The molecule has 2 aromatic rings. The Balaban J connectivity index is 2.01. The van der Waals surface area contributed by atoms with Gasteiger partial charge in [-0.3, -0.25) is 10.6 Å². The van der Waals surface area contributed by atoms with E-state index in [9.17, 15) is 4.79 Å². The molecule has 1 aromatic heterocycles. The van der Waals surface area contributed by atoms with Gasteiger partial charge in [0, 0.05) is 16.6 Å². The van der Waals surface area contributed by atoms with Crippen LogP contribution in [0, 0.1) is 13.8 Å². The van der Waals surface area contributed by atoms with Crippen LogP contribution in [0.2, 0.25) is 0 Å². The third-order valence-electron chi connectivity index (χ3n) is 2.74. The zero-order valence-electron chi connectivity index (χ0n) is 10.9. The summed E-state index contributed by atoms with van der Waals surface area (Å²) in [6.45, 7) is 4.34. The summed E-state index contributed by atoms with van der Waals surface area (Å²) in [6.07, 6.45) is 1.78. The quantitative estimate of drug-likeness (QED) is 0.589. The molecule has 0 aliphatic rings. The van der Waals surface area contributed by atoms with Gasteiger partial charge in [-0.1, -0.05) is 0 Å². The van der Waals surface area contributed by atoms with E-state index in [1.165, 1.54) is 0 Å². The van der Waals surface area contributed by atoms with Crippen LogP contribution in [0.3, 0.4) is 0 Å². The van der Waals surface area contributed by atoms with Gasteiger partial charge in [0.1, 0.15) is 0 Å². The lowest BCUT2D eigenvalue weighted by molar-refractivity contribution is 0.0951. The number of nitrogens with one attached hydrogen (secondary N) is 2. The lowest BCUT2D eigenvalue weighted by Crippen LogP contribution is -2.22. The third kappa shape index (κ3) is 3.30. The van der Waals surface area contributed by atoms with Gasteiger partial charge in [-0.25, -0.2) is 4.98 Å². The van der Waals surface area contributed by atoms with Crippen LogP contribution >= 0.6 is 11.3 Å². The molecule has 1 aromatic carbocycles. The molecule has 0 aliphatic heterocycles. The number of hydrazine groups is 1. The van der Waals surface area contributed by atoms with Crippen LogP contribution < -0.4 is 16.6 Å². The summed E-state index contributed by atoms with van der Waals surface area (Å²) in [5, 5.41) is 3.87. The van der Waals surface area contributed by atoms with Crippen LogP contribution in [-0.2, 0) is 6.54 Å². The Hall–Kier alpha value is -1.92. The Morgan fingerprint density at radius 3 is 2.79 bits per heavy atom. The number of nitrogens with zero attached hydrogens (tertiary/aromatic N) is 1. The number of carbonyl (C=O) groups is 1. The van der Waals surface area contributed by atoms with Gasteiger partial charge in [0.15, 0.2) is 0 Å². The van der Waals surface area contributed by atoms with E-state index in [4.69, 9.17) is 5.84 Å². The minimum atomic E-state index is -0.0993. The second-order valence-corrected chi connectivity index (χ2v) is 5.52. The first kappa shape index (κ1) is 13.5. The fraction of sp³-hybridized carbons (Fsp3) is 0.231. The highest BCUT2D eigenvalue weighted by atomic mass is 32.1. The highest BCUT2D eigenvalue weighted by Gasteiger charge is 2.08. The van der Waals surface area contributed by atoms with E-state index in [0.29, 0.717) is 12.1 Å². The zero-order valence-corrected chi connectivity index (χ0v) is 11.7. The van der Waals surface area contributed by atoms with Gasteiger partial charge in [0.05, 0.1) is 17.2 Å². The standard InChI is InChI=1S/C13H16N4OS/c1-8-5-10(3-4-12(8)17-14)13(18)16-7-11-6-15-9(2)19-11/h3-6,17H,7,14H2,1-2H3,(H,16,18). The summed E-state index contributed by atoms with van der Waals surface area (Å²) >= 11 is 1.58. The molecule has 0 unspecified atom stereocenters. The number of hydrogen-bond donors (Lipinski definition) is 3. The zero-order chi connectivity index (χ0) is 13.8. The van der Waals surface area contributed by atoms with Crippen molar-refractivity contribution in [3.05, 3.63) is 45.4 Å². The van der Waals surface area contributed by atoms with Crippen LogP contribution in [0.15, 0.2) is 24.4 Å². The first-order valence-corrected chi connectivity index (χ1v) is 6.68. The summed E-state index contributed by atoms with van der Waals surface area (Å²) < 4.78 is 0. The van der Waals surface area contributed by atoms with E-state index in [1.54, 1.807) is 29.7 Å². The number of nitrogen functional groups attached to an aromatic ring is 1. The summed E-state index contributed by atoms with van der Waals surface area (Å²) in [6, 6.07) is 5.35. The molecule has 0 saturated heterocycles. The summed E-state index contributed by atoms with van der Waals surface area (Å²) in [5.74, 6) is 5.26. The second-order valence-electron chi connectivity index (χ2n) is 4.20. The first-order valence-electron chi connectivity index (χ1n) is 5.87. The highest BCUT2D eigenvalue weighted by Crippen LogP contribution is 2.16. The van der Waals surface area contributed by atoms with E-state index in [0.717, 1.165) is 21.1 Å². The first-order chi connectivity index (χ1) is 9.10. The number of benzene rings is 1. The fourth-order valence-corrected chi connectivity index (χ4v) is 2.46. The molecular formula is C13H16N4OS. The molecule has 0 bridgehead atoms. The second kappa shape index (κ2) is 5.81. The van der Waals surface area contributed by atoms with Crippen molar-refractivity contribution < 1.29 is 4.79 Å². The molecule has 1 amide bonds. The van der Waals surface area contributed by atoms with E-state index >= 15 is 0 Å². The van der Waals surface area contributed by atoms with Gasteiger partial charge >= 0.3 is 0 Å². The van der Waals surface area contributed by atoms with Crippen molar-refractivity contribution in [3.63, 3.8) is 0 Å². The van der Waals surface area contributed by atoms with Crippen LogP contribution in [0.1, 0.15) is 25.8 Å². The lowest BCUT2D eigenvalue weighted by Gasteiger charge is -2.08. The molecule has 0 radical (unpaired) electrons. The predicted molar refractivity (Wildman–Crippen MR) is 77.0 cm³/mol. The molecular weight excluding hydrogens is 260 g/mol. The molecule has 0 atom stereocenters. The van der Waals surface area contributed by atoms with Crippen molar-refractivity contribution in [1.82, 2.24) is 10.3 Å². The normalized spacial score (nSPS) is 10.3. The average molecular weight is 276 g/mol. The van der Waals surface area contributed by atoms with Crippen molar-refractivity contribution in [2.24, 2.45) is 5.84 Å². The van der Waals surface area contributed by atoms with E-state index in [1.807, 2.05) is 19.9 Å². The average Bonchev–Trinajstić information content (AvgIpc) is 2.81. The maximum atomic E-state index is 12.0. The number of nitrogens with two attached hydrogens (primary N) is 1. The number of hydrogen-bond acceptors (Lipinski definition) is 5. The smallest absolute Gasteiger partial charge is 0.251 e. The minimum absolute atomic E-state index is 0.0993. The summed E-state index contributed by atoms with van der Waals surface area (Å²) in [4.78, 5) is 17.2. The van der Waals surface area contributed by atoms with Crippen molar-refractivity contribution in [2.75, 3.05) is 5.43 Å². The minimum Gasteiger partial charge on any atom is -0.347 e. The molecule has 4 N–H and O–H groups in total. The summed E-state index contributed by atoms with van der Waals surface area (Å²) in [7, 11) is 0. The number of aromatic nitrogens is 1. The highest BCUT2D eigenvalue weighted by molar-refractivity contribution is 7.11. The van der Waals surface area contributed by atoms with E-state index in [-0.39, 0.29) is 5.91 Å². The molecule has 1 heterocycles. The maximum absolute atomic E-state index is 12.0. The van der Waals surface area contributed by atoms with Gasteiger partial charge in [0.2, 0.25) is 0 Å². The van der Waals surface area contributed by atoms with Crippen LogP contribution in [0.4, 0.5) is 5.69 Å². The predicted octanol–water partition coefficient (Wildman–Crippen LogP) is 1.98. The van der Waals surface area contributed by atoms with Gasteiger partial charge in [-0.15, -0.1) is 11.3 Å². The molecule has 0 saturated carbocycles. The largest absolute Gasteiger partial charge is 0.347 e. The maximum Gasteiger partial charge on any atom is 0.251 e. The van der Waals surface area contributed by atoms with Crippen LogP contribution in [0.5, 0.6) is 0 Å². The number of carbonyl (C=O) groups excluding carboxylic acids is 1. The SMILES string of the molecule is Cc1ncc(CNC(=O)c2ccc(NN)c(C)c2)s1. The fourth-order valence-electron chi connectivity index (χ4n) is 1.72.